The molecule has 0 unspecified atom stereocenters. The van der Waals surface area contributed by atoms with Crippen molar-refractivity contribution in [2.45, 2.75) is 19.8 Å². The molecule has 0 aromatic heterocycles. The summed E-state index contributed by atoms with van der Waals surface area (Å²) in [6.45, 7) is 2.28. The van der Waals surface area contributed by atoms with Crippen LogP contribution in [0.5, 0.6) is 0 Å². The molecule has 0 nitrogen and oxygen atoms in total. The van der Waals surface area contributed by atoms with E-state index in [2.05, 4.69) is 73.7 Å². The molecular formula is C21H18. The zero-order valence-corrected chi connectivity index (χ0v) is 12.3. The monoisotopic (exact) mass is 270 g/mol. The third kappa shape index (κ3) is 2.08. The summed E-state index contributed by atoms with van der Waals surface area (Å²) in [5.74, 6) is 0. The fourth-order valence-electron chi connectivity index (χ4n) is 3.42. The van der Waals surface area contributed by atoms with E-state index >= 15 is 0 Å². The van der Waals surface area contributed by atoms with Gasteiger partial charge in [0.25, 0.3) is 0 Å². The lowest BCUT2D eigenvalue weighted by molar-refractivity contribution is 1.12. The van der Waals surface area contributed by atoms with Crippen LogP contribution in [0.2, 0.25) is 0 Å². The summed E-state index contributed by atoms with van der Waals surface area (Å²) < 4.78 is 0. The SMILES string of the molecule is Cc1c(Cc2ccccc2)ccc2c1Cc1ccccc1-2. The molecule has 0 aliphatic heterocycles. The van der Waals surface area contributed by atoms with Gasteiger partial charge in [-0.15, -0.1) is 0 Å². The zero-order chi connectivity index (χ0) is 14.2. The van der Waals surface area contributed by atoms with Crippen molar-refractivity contribution < 1.29 is 0 Å². The summed E-state index contributed by atoms with van der Waals surface area (Å²) in [5.41, 5.74) is 10.1. The van der Waals surface area contributed by atoms with Crippen LogP contribution in [0.15, 0.2) is 66.7 Å². The lowest BCUT2D eigenvalue weighted by Crippen LogP contribution is -1.96. The lowest BCUT2D eigenvalue weighted by Gasteiger charge is -2.11. The Labute approximate surface area is 126 Å². The predicted molar refractivity (Wildman–Crippen MR) is 88.7 cm³/mol. The molecule has 0 bridgehead atoms. The van der Waals surface area contributed by atoms with Gasteiger partial charge >= 0.3 is 0 Å². The van der Waals surface area contributed by atoms with Crippen molar-refractivity contribution >= 4 is 0 Å². The summed E-state index contributed by atoms with van der Waals surface area (Å²) in [7, 11) is 0. The third-order valence-corrected chi connectivity index (χ3v) is 4.62. The quantitative estimate of drug-likeness (QED) is 0.472. The van der Waals surface area contributed by atoms with Crippen LogP contribution in [0.1, 0.15) is 27.8 Å². The van der Waals surface area contributed by atoms with E-state index < -0.39 is 0 Å². The highest BCUT2D eigenvalue weighted by molar-refractivity contribution is 5.78. The van der Waals surface area contributed by atoms with E-state index in [4.69, 9.17) is 0 Å². The van der Waals surface area contributed by atoms with Gasteiger partial charge in [0.2, 0.25) is 0 Å². The van der Waals surface area contributed by atoms with E-state index in [0.717, 1.165) is 12.8 Å². The van der Waals surface area contributed by atoms with Crippen LogP contribution < -0.4 is 0 Å². The van der Waals surface area contributed by atoms with Crippen LogP contribution >= 0.6 is 0 Å². The second-order valence-corrected chi connectivity index (χ2v) is 5.87. The average Bonchev–Trinajstić information content (AvgIpc) is 2.91. The van der Waals surface area contributed by atoms with Gasteiger partial charge < -0.3 is 0 Å². The molecule has 1 aliphatic carbocycles. The van der Waals surface area contributed by atoms with Gasteiger partial charge in [-0.25, -0.2) is 0 Å². The molecule has 0 radical (unpaired) electrons. The van der Waals surface area contributed by atoms with Crippen molar-refractivity contribution in [3.05, 3.63) is 94.5 Å². The Bertz CT molecular complexity index is 798. The van der Waals surface area contributed by atoms with Crippen molar-refractivity contribution in [3.63, 3.8) is 0 Å². The lowest BCUT2D eigenvalue weighted by atomic mass is 9.93. The van der Waals surface area contributed by atoms with Gasteiger partial charge in [0, 0.05) is 0 Å². The van der Waals surface area contributed by atoms with E-state index in [-0.39, 0.29) is 0 Å². The van der Waals surface area contributed by atoms with Crippen molar-refractivity contribution in [1.82, 2.24) is 0 Å². The molecule has 102 valence electrons. The fourth-order valence-corrected chi connectivity index (χ4v) is 3.42. The van der Waals surface area contributed by atoms with E-state index in [9.17, 15) is 0 Å². The largest absolute Gasteiger partial charge is 0.0622 e. The van der Waals surface area contributed by atoms with Gasteiger partial charge in [-0.3, -0.25) is 0 Å². The predicted octanol–water partition coefficient (Wildman–Crippen LogP) is 5.16. The van der Waals surface area contributed by atoms with Crippen molar-refractivity contribution in [2.24, 2.45) is 0 Å². The molecule has 0 heteroatoms. The van der Waals surface area contributed by atoms with Crippen molar-refractivity contribution in [1.29, 1.82) is 0 Å². The first-order valence-corrected chi connectivity index (χ1v) is 7.56. The molecule has 1 aliphatic rings. The minimum atomic E-state index is 1.02. The Morgan fingerprint density at radius 2 is 1.52 bits per heavy atom. The molecule has 0 N–H and O–H groups in total. The molecule has 21 heavy (non-hydrogen) atoms. The molecule has 0 fully saturated rings. The van der Waals surface area contributed by atoms with Crippen LogP contribution in [0, 0.1) is 6.92 Å². The van der Waals surface area contributed by atoms with Gasteiger partial charge in [-0.05, 0) is 58.7 Å². The summed E-state index contributed by atoms with van der Waals surface area (Å²) in [4.78, 5) is 0. The fraction of sp³-hybridized carbons (Fsp3) is 0.143. The molecule has 0 saturated heterocycles. The molecule has 3 aromatic rings. The summed E-state index contributed by atoms with van der Waals surface area (Å²) >= 11 is 0. The molecule has 0 amide bonds. The molecular weight excluding hydrogens is 252 g/mol. The van der Waals surface area contributed by atoms with Crippen molar-refractivity contribution in [2.75, 3.05) is 0 Å². The minimum absolute atomic E-state index is 1.02. The highest BCUT2D eigenvalue weighted by Crippen LogP contribution is 2.39. The van der Waals surface area contributed by atoms with E-state index in [1.807, 2.05) is 0 Å². The second kappa shape index (κ2) is 4.89. The zero-order valence-electron chi connectivity index (χ0n) is 12.3. The Kier molecular flexibility index (Phi) is 2.89. The minimum Gasteiger partial charge on any atom is -0.0622 e. The number of hydrogen-bond donors (Lipinski definition) is 0. The van der Waals surface area contributed by atoms with Crippen LogP contribution in [-0.2, 0) is 12.8 Å². The van der Waals surface area contributed by atoms with Gasteiger partial charge in [0.15, 0.2) is 0 Å². The highest BCUT2D eigenvalue weighted by atomic mass is 14.2. The van der Waals surface area contributed by atoms with E-state index in [1.165, 1.54) is 38.9 Å². The average molecular weight is 270 g/mol. The van der Waals surface area contributed by atoms with Crippen LogP contribution in [-0.4, -0.2) is 0 Å². The van der Waals surface area contributed by atoms with Gasteiger partial charge in [-0.2, -0.15) is 0 Å². The van der Waals surface area contributed by atoms with Crippen LogP contribution in [0.4, 0.5) is 0 Å². The number of hydrogen-bond acceptors (Lipinski definition) is 0. The standard InChI is InChI=1S/C21H18/c1-15-17(13-16-7-3-2-4-8-16)11-12-20-19-10-6-5-9-18(19)14-21(15)20/h2-12H,13-14H2,1H3. The molecule has 0 saturated carbocycles. The topological polar surface area (TPSA) is 0 Å². The Morgan fingerprint density at radius 3 is 2.38 bits per heavy atom. The molecule has 4 rings (SSSR count). The Morgan fingerprint density at radius 1 is 0.762 bits per heavy atom. The molecule has 0 heterocycles. The van der Waals surface area contributed by atoms with Gasteiger partial charge in [-0.1, -0.05) is 66.7 Å². The maximum Gasteiger partial charge on any atom is -0.00107 e. The first-order chi connectivity index (χ1) is 10.3. The maximum atomic E-state index is 2.31. The van der Waals surface area contributed by atoms with E-state index in [1.54, 1.807) is 0 Å². The summed E-state index contributed by atoms with van der Waals surface area (Å²) in [6, 6.07) is 24.1. The van der Waals surface area contributed by atoms with Gasteiger partial charge in [0.1, 0.15) is 0 Å². The Hall–Kier alpha value is -2.34. The van der Waals surface area contributed by atoms with Crippen LogP contribution in [0.3, 0.4) is 0 Å². The number of fused-ring (bicyclic) bond motifs is 3. The Balaban J connectivity index is 1.76. The molecule has 0 atom stereocenters. The first-order valence-electron chi connectivity index (χ1n) is 7.56. The normalized spacial score (nSPS) is 12.0. The molecule has 3 aromatic carbocycles. The smallest absolute Gasteiger partial charge is 0.00107 e. The van der Waals surface area contributed by atoms with Crippen LogP contribution in [0.25, 0.3) is 11.1 Å². The number of benzene rings is 3. The highest BCUT2D eigenvalue weighted by Gasteiger charge is 2.20. The summed E-state index contributed by atoms with van der Waals surface area (Å²) in [5, 5.41) is 0. The summed E-state index contributed by atoms with van der Waals surface area (Å²) in [6.07, 6.45) is 2.11. The third-order valence-electron chi connectivity index (χ3n) is 4.62. The second-order valence-electron chi connectivity index (χ2n) is 5.87. The van der Waals surface area contributed by atoms with Gasteiger partial charge in [0.05, 0.1) is 0 Å². The van der Waals surface area contributed by atoms with Crippen molar-refractivity contribution in [3.8, 4) is 11.1 Å². The number of rotatable bonds is 2. The maximum absolute atomic E-state index is 2.31. The van der Waals surface area contributed by atoms with E-state index in [0.29, 0.717) is 0 Å². The molecule has 0 spiro atoms. The first kappa shape index (κ1) is 12.4.